The maximum Gasteiger partial charge on any atom is 0.335 e. The molecule has 0 spiro atoms. The number of nitrogens with two attached hydrogens (primary N) is 1. The second-order valence-electron chi connectivity index (χ2n) is 7.70. The molecule has 170 valence electrons. The van der Waals surface area contributed by atoms with Gasteiger partial charge in [-0.25, -0.2) is 4.79 Å². The molecule has 5 rings (SSSR count). The lowest BCUT2D eigenvalue weighted by atomic mass is 10.1. The van der Waals surface area contributed by atoms with Gasteiger partial charge in [-0.2, -0.15) is 0 Å². The van der Waals surface area contributed by atoms with Crippen molar-refractivity contribution in [3.05, 3.63) is 95.7 Å². The van der Waals surface area contributed by atoms with Crippen molar-refractivity contribution in [3.63, 3.8) is 0 Å². The zero-order chi connectivity index (χ0) is 21.4. The number of halogens is 2. The number of benzene rings is 3. The van der Waals surface area contributed by atoms with Crippen LogP contribution in [0.5, 0.6) is 0 Å². The Kier molecular flexibility index (Phi) is 7.82. The second kappa shape index (κ2) is 10.4. The van der Waals surface area contributed by atoms with Gasteiger partial charge in [0.2, 0.25) is 0 Å². The number of carbonyl (C=O) groups is 1. The Morgan fingerprint density at radius 1 is 0.970 bits per heavy atom. The minimum Gasteiger partial charge on any atom is -0.478 e. The van der Waals surface area contributed by atoms with Crippen molar-refractivity contribution in [2.45, 2.75) is 13.0 Å². The van der Waals surface area contributed by atoms with Crippen molar-refractivity contribution in [1.29, 1.82) is 0 Å². The topological polar surface area (TPSA) is 68.2 Å². The fourth-order valence-electron chi connectivity index (χ4n) is 4.08. The van der Waals surface area contributed by atoms with Gasteiger partial charge in [0.1, 0.15) is 0 Å². The van der Waals surface area contributed by atoms with Gasteiger partial charge in [-0.05, 0) is 71.4 Å². The lowest BCUT2D eigenvalue weighted by Gasteiger charge is -2.07. The Labute approximate surface area is 208 Å². The number of aromatic carboxylic acids is 1. The molecule has 0 aliphatic heterocycles. The molecule has 4 nitrogen and oxygen atoms in total. The lowest BCUT2D eigenvalue weighted by molar-refractivity contribution is 0.0697. The molecule has 7 heteroatoms. The molecule has 3 N–H and O–H groups in total. The van der Waals surface area contributed by atoms with Crippen molar-refractivity contribution >= 4 is 63.1 Å². The fraction of sp³-hybridized carbons (Fsp3) is 0.115. The van der Waals surface area contributed by atoms with Crippen LogP contribution in [-0.4, -0.2) is 22.2 Å². The highest BCUT2D eigenvalue weighted by Crippen LogP contribution is 2.36. The zero-order valence-corrected chi connectivity index (χ0v) is 20.2. The van der Waals surface area contributed by atoms with E-state index < -0.39 is 5.97 Å². The average Bonchev–Trinajstić information content (AvgIpc) is 3.36. The minimum absolute atomic E-state index is 0. The van der Waals surface area contributed by atoms with Gasteiger partial charge in [-0.3, -0.25) is 0 Å². The van der Waals surface area contributed by atoms with E-state index in [4.69, 9.17) is 10.8 Å². The van der Waals surface area contributed by atoms with E-state index in [2.05, 4.69) is 59.3 Å². The van der Waals surface area contributed by atoms with E-state index in [0.717, 1.165) is 17.5 Å². The van der Waals surface area contributed by atoms with Gasteiger partial charge >= 0.3 is 5.97 Å². The normalized spacial score (nSPS) is 10.7. The van der Waals surface area contributed by atoms with E-state index in [9.17, 15) is 4.79 Å². The predicted molar refractivity (Wildman–Crippen MR) is 143 cm³/mol. The maximum atomic E-state index is 11.1. The van der Waals surface area contributed by atoms with Crippen LogP contribution in [0.3, 0.4) is 0 Å². The van der Waals surface area contributed by atoms with Crippen LogP contribution in [0.4, 0.5) is 0 Å². The van der Waals surface area contributed by atoms with Crippen molar-refractivity contribution in [2.24, 2.45) is 5.73 Å². The predicted octanol–water partition coefficient (Wildman–Crippen LogP) is 6.61. The SMILES string of the molecule is Cl.Cl.NCCc1cn(Cc2ccc(C(=O)O)cc2)c2ccc(-c3cc4ccccc4s3)cc12. The molecule has 0 amide bonds. The Balaban J connectivity index is 0.00000153. The Hall–Kier alpha value is -2.83. The monoisotopic (exact) mass is 498 g/mol. The van der Waals surface area contributed by atoms with E-state index in [-0.39, 0.29) is 24.8 Å². The number of hydrogen-bond acceptors (Lipinski definition) is 3. The molecule has 2 aromatic heterocycles. The summed E-state index contributed by atoms with van der Waals surface area (Å²) in [4.78, 5) is 12.4. The van der Waals surface area contributed by atoms with Gasteiger partial charge in [0.25, 0.3) is 0 Å². The maximum absolute atomic E-state index is 11.1. The first kappa shape index (κ1) is 24.8. The van der Waals surface area contributed by atoms with Crippen molar-refractivity contribution in [2.75, 3.05) is 6.54 Å². The number of aromatic nitrogens is 1. The summed E-state index contributed by atoms with van der Waals surface area (Å²) in [6, 6.07) is 24.4. The van der Waals surface area contributed by atoms with Crippen LogP contribution in [0.2, 0.25) is 0 Å². The number of thiophene rings is 1. The Bertz CT molecular complexity index is 1370. The number of carboxylic acid groups (broad SMARTS) is 1. The quantitative estimate of drug-likeness (QED) is 0.276. The molecule has 0 aliphatic rings. The van der Waals surface area contributed by atoms with E-state index in [1.54, 1.807) is 12.1 Å². The largest absolute Gasteiger partial charge is 0.478 e. The molecule has 0 atom stereocenters. The smallest absolute Gasteiger partial charge is 0.335 e. The summed E-state index contributed by atoms with van der Waals surface area (Å²) < 4.78 is 3.52. The minimum atomic E-state index is -0.906. The third kappa shape index (κ3) is 4.92. The molecule has 5 aromatic rings. The summed E-state index contributed by atoms with van der Waals surface area (Å²) in [5.74, 6) is -0.906. The highest BCUT2D eigenvalue weighted by atomic mass is 35.5. The van der Waals surface area contributed by atoms with Crippen molar-refractivity contribution in [3.8, 4) is 10.4 Å². The van der Waals surface area contributed by atoms with E-state index in [1.807, 2.05) is 23.5 Å². The van der Waals surface area contributed by atoms with E-state index in [1.165, 1.54) is 31.5 Å². The first-order valence-corrected chi connectivity index (χ1v) is 11.1. The number of carboxylic acids is 1. The van der Waals surface area contributed by atoms with E-state index in [0.29, 0.717) is 18.7 Å². The molecule has 0 saturated heterocycles. The summed E-state index contributed by atoms with van der Waals surface area (Å²) >= 11 is 1.81. The molecule has 2 heterocycles. The number of rotatable bonds is 6. The van der Waals surface area contributed by atoms with Crippen LogP contribution in [0, 0.1) is 0 Å². The number of hydrogen-bond donors (Lipinski definition) is 2. The van der Waals surface area contributed by atoms with Gasteiger partial charge in [-0.1, -0.05) is 36.4 Å². The van der Waals surface area contributed by atoms with Crippen LogP contribution in [0.15, 0.2) is 79.0 Å². The fourth-order valence-corrected chi connectivity index (χ4v) is 5.14. The average molecular weight is 499 g/mol. The molecule has 3 aromatic carbocycles. The molecule has 0 unspecified atom stereocenters. The third-order valence-electron chi connectivity index (χ3n) is 5.64. The molecule has 33 heavy (non-hydrogen) atoms. The summed E-state index contributed by atoms with van der Waals surface area (Å²) in [5, 5.41) is 11.6. The van der Waals surface area contributed by atoms with Crippen LogP contribution >= 0.6 is 36.2 Å². The van der Waals surface area contributed by atoms with Crippen molar-refractivity contribution in [1.82, 2.24) is 4.57 Å². The van der Waals surface area contributed by atoms with Crippen LogP contribution < -0.4 is 5.73 Å². The summed E-state index contributed by atoms with van der Waals surface area (Å²) in [5.41, 5.74) is 10.9. The Morgan fingerprint density at radius 3 is 2.42 bits per heavy atom. The van der Waals surface area contributed by atoms with Gasteiger partial charge in [0, 0.05) is 33.2 Å². The molecule has 0 aliphatic carbocycles. The van der Waals surface area contributed by atoms with Crippen LogP contribution in [-0.2, 0) is 13.0 Å². The molecule has 0 bridgehead atoms. The lowest BCUT2D eigenvalue weighted by Crippen LogP contribution is -2.02. The standard InChI is InChI=1S/C26H22N2O2S.2ClH/c27-12-11-21-16-28(15-17-5-7-18(8-6-17)26(29)30)23-10-9-20(13-22(21)23)25-14-19-3-1-2-4-24(19)31-25;;/h1-10,13-14,16H,11-12,15,27H2,(H,29,30);2*1H. The highest BCUT2D eigenvalue weighted by Gasteiger charge is 2.12. The summed E-state index contributed by atoms with van der Waals surface area (Å²) in [6.07, 6.45) is 2.99. The van der Waals surface area contributed by atoms with Gasteiger partial charge in [-0.15, -0.1) is 36.2 Å². The second-order valence-corrected chi connectivity index (χ2v) is 8.79. The molecule has 0 radical (unpaired) electrons. The van der Waals surface area contributed by atoms with E-state index >= 15 is 0 Å². The molecular formula is C26H24Cl2N2O2S. The molecule has 0 saturated carbocycles. The third-order valence-corrected chi connectivity index (χ3v) is 6.81. The van der Waals surface area contributed by atoms with Crippen LogP contribution in [0.1, 0.15) is 21.5 Å². The van der Waals surface area contributed by atoms with Gasteiger partial charge in [0.15, 0.2) is 0 Å². The first-order chi connectivity index (χ1) is 15.1. The van der Waals surface area contributed by atoms with Crippen molar-refractivity contribution < 1.29 is 9.90 Å². The van der Waals surface area contributed by atoms with Crippen LogP contribution in [0.25, 0.3) is 31.4 Å². The number of fused-ring (bicyclic) bond motifs is 2. The molecule has 0 fully saturated rings. The summed E-state index contributed by atoms with van der Waals surface area (Å²) in [7, 11) is 0. The number of nitrogens with zero attached hydrogens (tertiary/aromatic N) is 1. The highest BCUT2D eigenvalue weighted by molar-refractivity contribution is 7.22. The molecular weight excluding hydrogens is 475 g/mol. The summed E-state index contributed by atoms with van der Waals surface area (Å²) in [6.45, 7) is 1.28. The Morgan fingerprint density at radius 2 is 1.73 bits per heavy atom. The van der Waals surface area contributed by atoms with Gasteiger partial charge < -0.3 is 15.4 Å². The van der Waals surface area contributed by atoms with Gasteiger partial charge in [0.05, 0.1) is 5.56 Å². The zero-order valence-electron chi connectivity index (χ0n) is 17.7. The first-order valence-electron chi connectivity index (χ1n) is 10.3.